The summed E-state index contributed by atoms with van der Waals surface area (Å²) in [6, 6.07) is 2.44. The molecule has 0 amide bonds. The van der Waals surface area contributed by atoms with E-state index in [1.165, 1.54) is 69.5 Å². The van der Waals surface area contributed by atoms with Crippen LogP contribution in [0, 0.1) is 5.92 Å². The maximum absolute atomic E-state index is 3.94. The second kappa shape index (κ2) is 6.82. The molecule has 0 unspecified atom stereocenters. The first-order valence-corrected chi connectivity index (χ1v) is 9.56. The van der Waals surface area contributed by atoms with E-state index >= 15 is 0 Å². The Kier molecular flexibility index (Phi) is 5.10. The standard InChI is InChI=1S/C16H30N2S/c1-13(17-15-6-4-10-19-12-15)14-5-3-9-18(11-14)16-7-2-8-16/h13-17H,2-12H2,1H3/t13-,14-,15-/m0/s1. The summed E-state index contributed by atoms with van der Waals surface area (Å²) >= 11 is 2.14. The van der Waals surface area contributed by atoms with Crippen molar-refractivity contribution in [3.05, 3.63) is 0 Å². The van der Waals surface area contributed by atoms with Crippen molar-refractivity contribution in [1.82, 2.24) is 10.2 Å². The Morgan fingerprint density at radius 2 is 2.00 bits per heavy atom. The average Bonchev–Trinajstić information content (AvgIpc) is 2.38. The van der Waals surface area contributed by atoms with Gasteiger partial charge in [-0.1, -0.05) is 6.42 Å². The summed E-state index contributed by atoms with van der Waals surface area (Å²) in [5, 5.41) is 3.94. The van der Waals surface area contributed by atoms with Gasteiger partial charge in [0.25, 0.3) is 0 Å². The monoisotopic (exact) mass is 282 g/mol. The van der Waals surface area contributed by atoms with Gasteiger partial charge in [-0.15, -0.1) is 0 Å². The number of nitrogens with one attached hydrogen (secondary N) is 1. The molecule has 3 rings (SSSR count). The van der Waals surface area contributed by atoms with Crippen molar-refractivity contribution in [3.8, 4) is 0 Å². The van der Waals surface area contributed by atoms with Crippen LogP contribution in [0.1, 0.15) is 51.9 Å². The predicted octanol–water partition coefficient (Wildman–Crippen LogP) is 3.12. The molecule has 1 N–H and O–H groups in total. The van der Waals surface area contributed by atoms with Crippen LogP contribution in [-0.2, 0) is 0 Å². The molecule has 2 saturated heterocycles. The molecule has 110 valence electrons. The summed E-state index contributed by atoms with van der Waals surface area (Å²) in [5.41, 5.74) is 0. The van der Waals surface area contributed by atoms with Crippen LogP contribution >= 0.6 is 11.8 Å². The first kappa shape index (κ1) is 14.2. The van der Waals surface area contributed by atoms with E-state index in [0.717, 1.165) is 18.0 Å². The molecule has 19 heavy (non-hydrogen) atoms. The maximum atomic E-state index is 3.94. The topological polar surface area (TPSA) is 15.3 Å². The average molecular weight is 282 g/mol. The highest BCUT2D eigenvalue weighted by Crippen LogP contribution is 2.30. The smallest absolute Gasteiger partial charge is 0.0161 e. The van der Waals surface area contributed by atoms with E-state index in [9.17, 15) is 0 Å². The van der Waals surface area contributed by atoms with Crippen molar-refractivity contribution in [3.63, 3.8) is 0 Å². The van der Waals surface area contributed by atoms with Crippen molar-refractivity contribution < 1.29 is 0 Å². The Morgan fingerprint density at radius 3 is 2.68 bits per heavy atom. The molecule has 2 aliphatic heterocycles. The molecule has 3 atom stereocenters. The fraction of sp³-hybridized carbons (Fsp3) is 1.00. The Bertz CT molecular complexity index is 274. The molecular weight excluding hydrogens is 252 g/mol. The van der Waals surface area contributed by atoms with Gasteiger partial charge in [0.2, 0.25) is 0 Å². The molecule has 1 aliphatic carbocycles. The molecule has 2 nitrogen and oxygen atoms in total. The Hall–Kier alpha value is 0.270. The van der Waals surface area contributed by atoms with Crippen molar-refractivity contribution in [2.45, 2.75) is 70.0 Å². The molecule has 1 saturated carbocycles. The highest BCUT2D eigenvalue weighted by atomic mass is 32.2. The van der Waals surface area contributed by atoms with E-state index in [-0.39, 0.29) is 0 Å². The molecule has 0 aromatic heterocycles. The van der Waals surface area contributed by atoms with Crippen molar-refractivity contribution in [1.29, 1.82) is 0 Å². The third kappa shape index (κ3) is 3.68. The molecule has 0 aromatic rings. The quantitative estimate of drug-likeness (QED) is 0.853. The number of likely N-dealkylation sites (tertiary alicyclic amines) is 1. The minimum atomic E-state index is 0.714. The van der Waals surface area contributed by atoms with Crippen LogP contribution in [0.15, 0.2) is 0 Å². The van der Waals surface area contributed by atoms with E-state index in [0.29, 0.717) is 6.04 Å². The predicted molar refractivity (Wildman–Crippen MR) is 84.9 cm³/mol. The fourth-order valence-electron chi connectivity index (χ4n) is 3.91. The molecule has 0 radical (unpaired) electrons. The largest absolute Gasteiger partial charge is 0.310 e. The van der Waals surface area contributed by atoms with Crippen LogP contribution < -0.4 is 5.32 Å². The highest BCUT2D eigenvalue weighted by Gasteiger charge is 2.32. The zero-order valence-electron chi connectivity index (χ0n) is 12.4. The number of nitrogens with zero attached hydrogens (tertiary/aromatic N) is 1. The minimum absolute atomic E-state index is 0.714. The number of thioether (sulfide) groups is 1. The van der Waals surface area contributed by atoms with Crippen molar-refractivity contribution >= 4 is 11.8 Å². The number of hydrogen-bond donors (Lipinski definition) is 1. The molecule has 0 spiro atoms. The lowest BCUT2D eigenvalue weighted by Crippen LogP contribution is -2.52. The van der Waals surface area contributed by atoms with Gasteiger partial charge in [-0.25, -0.2) is 0 Å². The van der Waals surface area contributed by atoms with Crippen LogP contribution in [0.3, 0.4) is 0 Å². The summed E-state index contributed by atoms with van der Waals surface area (Å²) in [5.74, 6) is 3.61. The lowest BCUT2D eigenvalue weighted by molar-refractivity contribution is 0.0653. The van der Waals surface area contributed by atoms with Gasteiger partial charge in [0.1, 0.15) is 0 Å². The molecule has 0 aromatic carbocycles. The number of piperidine rings is 1. The van der Waals surface area contributed by atoms with Crippen LogP contribution in [0.25, 0.3) is 0 Å². The highest BCUT2D eigenvalue weighted by molar-refractivity contribution is 7.99. The summed E-state index contributed by atoms with van der Waals surface area (Å²) in [6.07, 6.45) is 10.1. The van der Waals surface area contributed by atoms with E-state index in [1.54, 1.807) is 0 Å². The van der Waals surface area contributed by atoms with Crippen LogP contribution in [0.2, 0.25) is 0 Å². The summed E-state index contributed by atoms with van der Waals surface area (Å²) in [6.45, 7) is 5.17. The Balaban J connectivity index is 1.46. The first-order chi connectivity index (χ1) is 9.33. The Morgan fingerprint density at radius 1 is 1.11 bits per heavy atom. The lowest BCUT2D eigenvalue weighted by Gasteiger charge is -2.44. The normalized spacial score (nSPS) is 35.8. The maximum Gasteiger partial charge on any atom is 0.0161 e. The summed E-state index contributed by atoms with van der Waals surface area (Å²) in [4.78, 5) is 2.80. The molecule has 3 aliphatic rings. The third-order valence-corrected chi connectivity index (χ3v) is 6.66. The van der Waals surface area contributed by atoms with Gasteiger partial charge in [0.05, 0.1) is 0 Å². The summed E-state index contributed by atoms with van der Waals surface area (Å²) in [7, 11) is 0. The van der Waals surface area contributed by atoms with E-state index in [2.05, 4.69) is 28.9 Å². The van der Waals surface area contributed by atoms with Gasteiger partial charge >= 0.3 is 0 Å². The van der Waals surface area contributed by atoms with Gasteiger partial charge in [-0.05, 0) is 63.7 Å². The molecule has 0 bridgehead atoms. The molecule has 3 fully saturated rings. The molecular formula is C16H30N2S. The fourth-order valence-corrected chi connectivity index (χ4v) is 5.00. The minimum Gasteiger partial charge on any atom is -0.310 e. The summed E-state index contributed by atoms with van der Waals surface area (Å²) < 4.78 is 0. The van der Waals surface area contributed by atoms with Gasteiger partial charge in [-0.2, -0.15) is 11.8 Å². The van der Waals surface area contributed by atoms with Gasteiger partial charge < -0.3 is 10.2 Å². The van der Waals surface area contributed by atoms with Crippen molar-refractivity contribution in [2.24, 2.45) is 5.92 Å². The number of rotatable bonds is 4. The van der Waals surface area contributed by atoms with E-state index in [1.807, 2.05) is 0 Å². The molecule has 2 heterocycles. The van der Waals surface area contributed by atoms with Crippen LogP contribution in [0.4, 0.5) is 0 Å². The van der Waals surface area contributed by atoms with Gasteiger partial charge in [0.15, 0.2) is 0 Å². The van der Waals surface area contributed by atoms with Gasteiger partial charge in [-0.3, -0.25) is 0 Å². The third-order valence-electron chi connectivity index (χ3n) is 5.45. The second-order valence-electron chi connectivity index (χ2n) is 6.85. The lowest BCUT2D eigenvalue weighted by atomic mass is 9.85. The SMILES string of the molecule is C[C@H](N[C@H]1CCCSC1)[C@H]1CCCN(C2CCC2)C1. The second-order valence-corrected chi connectivity index (χ2v) is 8.00. The zero-order valence-corrected chi connectivity index (χ0v) is 13.3. The number of hydrogen-bond acceptors (Lipinski definition) is 3. The van der Waals surface area contributed by atoms with Crippen molar-refractivity contribution in [2.75, 3.05) is 24.6 Å². The Labute approximate surface area is 123 Å². The van der Waals surface area contributed by atoms with E-state index < -0.39 is 0 Å². The molecule has 3 heteroatoms. The van der Waals surface area contributed by atoms with E-state index in [4.69, 9.17) is 0 Å². The van der Waals surface area contributed by atoms with Crippen LogP contribution in [0.5, 0.6) is 0 Å². The first-order valence-electron chi connectivity index (χ1n) is 8.41. The van der Waals surface area contributed by atoms with Gasteiger partial charge in [0, 0.05) is 30.4 Å². The van der Waals surface area contributed by atoms with Crippen LogP contribution in [-0.4, -0.2) is 47.6 Å². The zero-order chi connectivity index (χ0) is 13.1.